The van der Waals surface area contributed by atoms with Crippen LogP contribution in [0.15, 0.2) is 11.6 Å². The van der Waals surface area contributed by atoms with Crippen LogP contribution in [0.2, 0.25) is 0 Å². The number of ether oxygens (including phenoxy) is 1. The highest BCUT2D eigenvalue weighted by atomic mass is 32.2. The van der Waals surface area contributed by atoms with Crippen LogP contribution in [0.5, 0.6) is 0 Å². The summed E-state index contributed by atoms with van der Waals surface area (Å²) in [5, 5.41) is 3.03. The summed E-state index contributed by atoms with van der Waals surface area (Å²) in [6, 6.07) is -0.383. The first kappa shape index (κ1) is 17.3. The molecule has 2 amide bonds. The average Bonchev–Trinajstić information content (AvgIpc) is 3.17. The molecule has 0 aromatic heterocycles. The van der Waals surface area contributed by atoms with Gasteiger partial charge in [-0.15, -0.1) is 11.8 Å². The third-order valence-corrected chi connectivity index (χ3v) is 5.20. The molecule has 0 bridgehead atoms. The van der Waals surface area contributed by atoms with Crippen LogP contribution in [0.3, 0.4) is 0 Å². The monoisotopic (exact) mass is 326 g/mol. The summed E-state index contributed by atoms with van der Waals surface area (Å²) in [5.74, 6) is 1.15. The molecule has 124 valence electrons. The Kier molecular flexibility index (Phi) is 6.32. The van der Waals surface area contributed by atoms with E-state index in [1.807, 2.05) is 26.8 Å². The van der Waals surface area contributed by atoms with Gasteiger partial charge in [-0.05, 0) is 33.1 Å². The first-order valence-corrected chi connectivity index (χ1v) is 9.17. The minimum atomic E-state index is -0.374. The summed E-state index contributed by atoms with van der Waals surface area (Å²) in [7, 11) is 0. The first-order valence-electron chi connectivity index (χ1n) is 8.02. The Hall–Kier alpha value is -1.01. The summed E-state index contributed by atoms with van der Waals surface area (Å²) < 4.78 is 5.61. The van der Waals surface area contributed by atoms with Gasteiger partial charge in [0.2, 0.25) is 5.91 Å². The summed E-state index contributed by atoms with van der Waals surface area (Å²) in [4.78, 5) is 26.6. The number of hydrogen-bond donors (Lipinski definition) is 1. The Morgan fingerprint density at radius 2 is 2.27 bits per heavy atom. The molecule has 2 heterocycles. The Morgan fingerprint density at radius 1 is 1.50 bits per heavy atom. The molecule has 5 nitrogen and oxygen atoms in total. The number of amides is 2. The van der Waals surface area contributed by atoms with E-state index < -0.39 is 0 Å². The molecule has 3 atom stereocenters. The molecule has 2 aliphatic heterocycles. The zero-order valence-corrected chi connectivity index (χ0v) is 14.4. The fourth-order valence-corrected chi connectivity index (χ4v) is 4.04. The fraction of sp³-hybridized carbons (Fsp3) is 0.750. The van der Waals surface area contributed by atoms with Gasteiger partial charge in [0, 0.05) is 17.9 Å². The number of thioether (sulfide) groups is 1. The lowest BCUT2D eigenvalue weighted by molar-refractivity contribution is -0.136. The van der Waals surface area contributed by atoms with Crippen LogP contribution in [0, 0.1) is 0 Å². The second-order valence-electron chi connectivity index (χ2n) is 5.93. The van der Waals surface area contributed by atoms with Gasteiger partial charge in [0.05, 0.1) is 18.0 Å². The van der Waals surface area contributed by atoms with Crippen molar-refractivity contribution in [1.29, 1.82) is 0 Å². The van der Waals surface area contributed by atoms with E-state index in [0.29, 0.717) is 11.6 Å². The van der Waals surface area contributed by atoms with Crippen molar-refractivity contribution in [2.75, 3.05) is 18.2 Å². The molecule has 1 N–H and O–H groups in total. The third-order valence-electron chi connectivity index (χ3n) is 4.19. The Bertz CT molecular complexity index is 447. The van der Waals surface area contributed by atoms with Crippen LogP contribution in [0.1, 0.15) is 40.0 Å². The van der Waals surface area contributed by atoms with Crippen molar-refractivity contribution < 1.29 is 14.3 Å². The molecule has 0 aromatic rings. The number of carbonyl (C=O) groups excluding carboxylic acids is 2. The molecular formula is C16H26N2O3S. The van der Waals surface area contributed by atoms with E-state index >= 15 is 0 Å². The standard InChI is InChI=1S/C16H26N2O3S/c1-4-6-11(2)16(20)18-10-22-9-13(18)15(19)17-12(3)14-7-5-8-21-14/h6,12-14H,4-5,7-10H2,1-3H3,(H,17,19). The average molecular weight is 326 g/mol. The van der Waals surface area contributed by atoms with Crippen molar-refractivity contribution >= 4 is 23.6 Å². The summed E-state index contributed by atoms with van der Waals surface area (Å²) >= 11 is 1.63. The molecule has 0 spiro atoms. The van der Waals surface area contributed by atoms with Crippen molar-refractivity contribution in [1.82, 2.24) is 10.2 Å². The highest BCUT2D eigenvalue weighted by molar-refractivity contribution is 7.99. The van der Waals surface area contributed by atoms with Gasteiger partial charge in [-0.25, -0.2) is 0 Å². The van der Waals surface area contributed by atoms with Gasteiger partial charge < -0.3 is 15.0 Å². The quantitative estimate of drug-likeness (QED) is 0.784. The number of hydrogen-bond acceptors (Lipinski definition) is 4. The van der Waals surface area contributed by atoms with Gasteiger partial charge in [0.1, 0.15) is 6.04 Å². The highest BCUT2D eigenvalue weighted by Crippen LogP contribution is 2.24. The minimum Gasteiger partial charge on any atom is -0.376 e. The molecule has 0 saturated carbocycles. The van der Waals surface area contributed by atoms with E-state index in [4.69, 9.17) is 4.74 Å². The number of allylic oxidation sites excluding steroid dienone is 1. The minimum absolute atomic E-state index is 0.00941. The van der Waals surface area contributed by atoms with Crippen LogP contribution < -0.4 is 5.32 Å². The van der Waals surface area contributed by atoms with Gasteiger partial charge in [-0.3, -0.25) is 9.59 Å². The molecule has 22 heavy (non-hydrogen) atoms. The SMILES string of the molecule is CCC=C(C)C(=O)N1CSCC1C(=O)NC(C)C1CCCO1. The second kappa shape index (κ2) is 8.02. The maximum absolute atomic E-state index is 12.5. The third kappa shape index (κ3) is 4.04. The molecule has 2 fully saturated rings. The van der Waals surface area contributed by atoms with Crippen LogP contribution in [-0.4, -0.2) is 53.1 Å². The Labute approximate surface area is 136 Å². The molecule has 0 aromatic carbocycles. The lowest BCUT2D eigenvalue weighted by atomic mass is 10.1. The summed E-state index contributed by atoms with van der Waals surface area (Å²) in [5.41, 5.74) is 0.718. The van der Waals surface area contributed by atoms with E-state index in [2.05, 4.69) is 5.32 Å². The van der Waals surface area contributed by atoms with Crippen molar-refractivity contribution in [3.05, 3.63) is 11.6 Å². The molecule has 6 heteroatoms. The number of nitrogens with zero attached hydrogens (tertiary/aromatic N) is 1. The van der Waals surface area contributed by atoms with Crippen molar-refractivity contribution in [2.24, 2.45) is 0 Å². The van der Waals surface area contributed by atoms with E-state index in [0.717, 1.165) is 31.4 Å². The Balaban J connectivity index is 1.95. The number of carbonyl (C=O) groups is 2. The second-order valence-corrected chi connectivity index (χ2v) is 6.93. The summed E-state index contributed by atoms with van der Waals surface area (Å²) in [6.45, 7) is 6.57. The van der Waals surface area contributed by atoms with E-state index in [-0.39, 0.29) is 30.0 Å². The summed E-state index contributed by atoms with van der Waals surface area (Å²) in [6.07, 6.45) is 4.88. The van der Waals surface area contributed by atoms with Gasteiger partial charge in [-0.2, -0.15) is 0 Å². The van der Waals surface area contributed by atoms with E-state index in [1.54, 1.807) is 16.7 Å². The molecule has 2 aliphatic rings. The number of rotatable bonds is 5. The topological polar surface area (TPSA) is 58.6 Å². The maximum Gasteiger partial charge on any atom is 0.250 e. The predicted molar refractivity (Wildman–Crippen MR) is 88.6 cm³/mol. The fourth-order valence-electron chi connectivity index (χ4n) is 2.89. The number of nitrogens with one attached hydrogen (secondary N) is 1. The maximum atomic E-state index is 12.5. The van der Waals surface area contributed by atoms with Crippen LogP contribution in [0.4, 0.5) is 0 Å². The van der Waals surface area contributed by atoms with Crippen molar-refractivity contribution in [3.63, 3.8) is 0 Å². The van der Waals surface area contributed by atoms with Gasteiger partial charge in [0.15, 0.2) is 0 Å². The molecule has 0 radical (unpaired) electrons. The van der Waals surface area contributed by atoms with E-state index in [1.165, 1.54) is 0 Å². The van der Waals surface area contributed by atoms with Gasteiger partial charge in [0.25, 0.3) is 5.91 Å². The normalized spacial score (nSPS) is 27.0. The highest BCUT2D eigenvalue weighted by Gasteiger charge is 2.36. The van der Waals surface area contributed by atoms with Crippen molar-refractivity contribution in [3.8, 4) is 0 Å². The zero-order valence-electron chi connectivity index (χ0n) is 13.6. The molecular weight excluding hydrogens is 300 g/mol. The molecule has 0 aliphatic carbocycles. The van der Waals surface area contributed by atoms with Crippen LogP contribution in [-0.2, 0) is 14.3 Å². The van der Waals surface area contributed by atoms with Crippen LogP contribution in [0.25, 0.3) is 0 Å². The molecule has 2 saturated heterocycles. The van der Waals surface area contributed by atoms with E-state index in [9.17, 15) is 9.59 Å². The lowest BCUT2D eigenvalue weighted by Gasteiger charge is -2.26. The predicted octanol–water partition coefficient (Wildman–Crippen LogP) is 1.93. The molecule has 2 rings (SSSR count). The largest absolute Gasteiger partial charge is 0.376 e. The molecule has 3 unspecified atom stereocenters. The van der Waals surface area contributed by atoms with Crippen LogP contribution >= 0.6 is 11.8 Å². The first-order chi connectivity index (χ1) is 10.5. The smallest absolute Gasteiger partial charge is 0.250 e. The van der Waals surface area contributed by atoms with Crippen molar-refractivity contribution in [2.45, 2.75) is 58.2 Å². The Morgan fingerprint density at radius 3 is 2.91 bits per heavy atom. The lowest BCUT2D eigenvalue weighted by Crippen LogP contribution is -2.51. The zero-order chi connectivity index (χ0) is 16.1. The van der Waals surface area contributed by atoms with Gasteiger partial charge in [-0.1, -0.05) is 13.0 Å². The van der Waals surface area contributed by atoms with Gasteiger partial charge >= 0.3 is 0 Å².